The number of thiophene rings is 1. The van der Waals surface area contributed by atoms with E-state index in [0.717, 1.165) is 16.5 Å². The number of para-hydroxylation sites is 2. The van der Waals surface area contributed by atoms with Gasteiger partial charge in [0.2, 0.25) is 0 Å². The minimum absolute atomic E-state index is 0.258. The highest BCUT2D eigenvalue weighted by molar-refractivity contribution is 7.17. The maximum atomic E-state index is 12.0. The third kappa shape index (κ3) is 3.28. The Morgan fingerprint density at radius 3 is 2.85 bits per heavy atom. The van der Waals surface area contributed by atoms with E-state index in [1.807, 2.05) is 41.8 Å². The average Bonchev–Trinajstić information content (AvgIpc) is 3.21. The van der Waals surface area contributed by atoms with E-state index < -0.39 is 5.76 Å². The molecule has 0 unspecified atom stereocenters. The normalized spacial score (nSPS) is 11.2. The summed E-state index contributed by atoms with van der Waals surface area (Å²) in [4.78, 5) is 23.9. The highest BCUT2D eigenvalue weighted by atomic mass is 32.1. The Hall–Kier alpha value is -2.86. The van der Waals surface area contributed by atoms with Gasteiger partial charge in [0.1, 0.15) is 6.61 Å². The van der Waals surface area contributed by atoms with Crippen molar-refractivity contribution in [3.05, 3.63) is 70.0 Å². The van der Waals surface area contributed by atoms with E-state index in [1.54, 1.807) is 22.0 Å². The number of rotatable bonds is 6. The molecule has 0 saturated carbocycles. The molecule has 6 heteroatoms. The van der Waals surface area contributed by atoms with Crippen molar-refractivity contribution in [1.82, 2.24) is 4.57 Å². The first-order chi connectivity index (χ1) is 12.7. The maximum Gasteiger partial charge on any atom is 0.419 e. The van der Waals surface area contributed by atoms with Crippen LogP contribution in [0.15, 0.2) is 63.1 Å². The SMILES string of the molecule is O=C(CCCn1c(=O)oc2ccccc21)OCc1csc2ccccc12. The van der Waals surface area contributed by atoms with Crippen LogP contribution < -0.4 is 5.76 Å². The van der Waals surface area contributed by atoms with Gasteiger partial charge in [-0.25, -0.2) is 4.79 Å². The average molecular weight is 367 g/mol. The van der Waals surface area contributed by atoms with E-state index in [1.165, 1.54) is 4.70 Å². The van der Waals surface area contributed by atoms with Crippen molar-refractivity contribution in [2.75, 3.05) is 0 Å². The molecule has 5 nitrogen and oxygen atoms in total. The molecule has 0 aliphatic heterocycles. The molecule has 2 aromatic carbocycles. The van der Waals surface area contributed by atoms with Crippen LogP contribution in [0.3, 0.4) is 0 Å². The zero-order chi connectivity index (χ0) is 17.9. The second-order valence-electron chi connectivity index (χ2n) is 6.01. The summed E-state index contributed by atoms with van der Waals surface area (Å²) in [7, 11) is 0. The van der Waals surface area contributed by atoms with E-state index in [9.17, 15) is 9.59 Å². The van der Waals surface area contributed by atoms with Gasteiger partial charge in [0.05, 0.1) is 5.52 Å². The third-order valence-electron chi connectivity index (χ3n) is 4.29. The Labute approximate surface area is 153 Å². The number of hydrogen-bond donors (Lipinski definition) is 0. The topological polar surface area (TPSA) is 61.4 Å². The van der Waals surface area contributed by atoms with Crippen LogP contribution in [0.5, 0.6) is 0 Å². The summed E-state index contributed by atoms with van der Waals surface area (Å²) in [6.45, 7) is 0.698. The van der Waals surface area contributed by atoms with E-state index >= 15 is 0 Å². The number of hydrogen-bond acceptors (Lipinski definition) is 5. The number of oxazole rings is 1. The van der Waals surface area contributed by atoms with Crippen LogP contribution in [0, 0.1) is 0 Å². The quantitative estimate of drug-likeness (QED) is 0.476. The van der Waals surface area contributed by atoms with Crippen molar-refractivity contribution in [2.24, 2.45) is 0 Å². The number of aryl methyl sites for hydroxylation is 1. The summed E-state index contributed by atoms with van der Waals surface area (Å²) < 4.78 is 13.3. The molecule has 0 spiro atoms. The molecular weight excluding hydrogens is 350 g/mol. The number of carbonyl (C=O) groups excluding carboxylic acids is 1. The Morgan fingerprint density at radius 1 is 1.12 bits per heavy atom. The van der Waals surface area contributed by atoms with Gasteiger partial charge in [-0.15, -0.1) is 11.3 Å². The molecule has 0 amide bonds. The summed E-state index contributed by atoms with van der Waals surface area (Å²) in [5.74, 6) is -0.662. The summed E-state index contributed by atoms with van der Waals surface area (Å²) in [6, 6.07) is 15.3. The lowest BCUT2D eigenvalue weighted by Crippen LogP contribution is -2.15. The molecule has 2 aromatic heterocycles. The largest absolute Gasteiger partial charge is 0.461 e. The first-order valence-electron chi connectivity index (χ1n) is 8.41. The van der Waals surface area contributed by atoms with Crippen LogP contribution in [0.2, 0.25) is 0 Å². The predicted molar refractivity (Wildman–Crippen MR) is 101 cm³/mol. The molecule has 0 atom stereocenters. The van der Waals surface area contributed by atoms with Crippen LogP contribution in [-0.4, -0.2) is 10.5 Å². The van der Waals surface area contributed by atoms with Gasteiger partial charge in [-0.2, -0.15) is 0 Å². The van der Waals surface area contributed by atoms with Gasteiger partial charge in [0, 0.05) is 23.2 Å². The lowest BCUT2D eigenvalue weighted by Gasteiger charge is -2.05. The molecular formula is C20H17NO4S. The third-order valence-corrected chi connectivity index (χ3v) is 5.30. The van der Waals surface area contributed by atoms with E-state index in [0.29, 0.717) is 18.5 Å². The molecule has 4 rings (SSSR count). The molecule has 0 N–H and O–H groups in total. The van der Waals surface area contributed by atoms with Crippen molar-refractivity contribution in [3.63, 3.8) is 0 Å². The van der Waals surface area contributed by atoms with Gasteiger partial charge in [0.15, 0.2) is 5.58 Å². The minimum atomic E-state index is -0.399. The standard InChI is InChI=1S/C20H17NO4S/c22-19(24-12-14-13-26-18-9-4-1-6-15(14)18)10-5-11-21-16-7-2-3-8-17(16)25-20(21)23/h1-4,6-9,13H,5,10-12H2. The number of fused-ring (bicyclic) bond motifs is 2. The van der Waals surface area contributed by atoms with Crippen molar-refractivity contribution >= 4 is 38.5 Å². The molecule has 0 radical (unpaired) electrons. The minimum Gasteiger partial charge on any atom is -0.461 e. The number of nitrogens with zero attached hydrogens (tertiary/aromatic N) is 1. The Bertz CT molecular complexity index is 1120. The highest BCUT2D eigenvalue weighted by Crippen LogP contribution is 2.26. The van der Waals surface area contributed by atoms with Crippen molar-refractivity contribution in [1.29, 1.82) is 0 Å². The fraction of sp³-hybridized carbons (Fsp3) is 0.200. The van der Waals surface area contributed by atoms with Gasteiger partial charge in [-0.05, 0) is 35.4 Å². The van der Waals surface area contributed by atoms with E-state index in [-0.39, 0.29) is 19.0 Å². The van der Waals surface area contributed by atoms with Crippen LogP contribution in [0.25, 0.3) is 21.2 Å². The van der Waals surface area contributed by atoms with Gasteiger partial charge in [-0.1, -0.05) is 30.3 Å². The fourth-order valence-corrected chi connectivity index (χ4v) is 3.93. The van der Waals surface area contributed by atoms with Crippen LogP contribution in [0.4, 0.5) is 0 Å². The van der Waals surface area contributed by atoms with Crippen molar-refractivity contribution < 1.29 is 13.9 Å². The van der Waals surface area contributed by atoms with Crippen molar-refractivity contribution in [2.45, 2.75) is 26.0 Å². The summed E-state index contributed by atoms with van der Waals surface area (Å²) in [5, 5.41) is 3.15. The summed E-state index contributed by atoms with van der Waals surface area (Å²) >= 11 is 1.64. The van der Waals surface area contributed by atoms with Crippen molar-refractivity contribution in [3.8, 4) is 0 Å². The highest BCUT2D eigenvalue weighted by Gasteiger charge is 2.11. The first kappa shape index (κ1) is 16.6. The fourth-order valence-electron chi connectivity index (χ4n) is 2.98. The molecule has 2 heterocycles. The van der Waals surface area contributed by atoms with Crippen LogP contribution in [0.1, 0.15) is 18.4 Å². The zero-order valence-electron chi connectivity index (χ0n) is 14.0. The number of ether oxygens (including phenoxy) is 1. The Balaban J connectivity index is 1.33. The number of aromatic nitrogens is 1. The number of benzene rings is 2. The van der Waals surface area contributed by atoms with Gasteiger partial charge < -0.3 is 9.15 Å². The Kier molecular flexibility index (Phi) is 4.58. The maximum absolute atomic E-state index is 12.0. The second kappa shape index (κ2) is 7.17. The first-order valence-corrected chi connectivity index (χ1v) is 9.29. The lowest BCUT2D eigenvalue weighted by atomic mass is 10.2. The molecule has 0 saturated heterocycles. The monoisotopic (exact) mass is 367 g/mol. The molecule has 4 aromatic rings. The summed E-state index contributed by atoms with van der Waals surface area (Å²) in [6.07, 6.45) is 0.778. The van der Waals surface area contributed by atoms with Gasteiger partial charge in [-0.3, -0.25) is 9.36 Å². The molecule has 0 aliphatic rings. The van der Waals surface area contributed by atoms with E-state index in [4.69, 9.17) is 9.15 Å². The zero-order valence-corrected chi connectivity index (χ0v) is 14.8. The lowest BCUT2D eigenvalue weighted by molar-refractivity contribution is -0.145. The van der Waals surface area contributed by atoms with Crippen LogP contribution in [-0.2, 0) is 22.7 Å². The molecule has 0 fully saturated rings. The van der Waals surface area contributed by atoms with E-state index in [2.05, 4.69) is 6.07 Å². The van der Waals surface area contributed by atoms with Gasteiger partial charge in [0.25, 0.3) is 0 Å². The molecule has 132 valence electrons. The molecule has 26 heavy (non-hydrogen) atoms. The molecule has 0 aliphatic carbocycles. The number of esters is 1. The molecule has 0 bridgehead atoms. The second-order valence-corrected chi connectivity index (χ2v) is 6.92. The predicted octanol–water partition coefficient (Wildman–Crippen LogP) is 4.33. The smallest absolute Gasteiger partial charge is 0.419 e. The van der Waals surface area contributed by atoms with Gasteiger partial charge >= 0.3 is 11.7 Å². The van der Waals surface area contributed by atoms with Crippen LogP contribution >= 0.6 is 11.3 Å². The number of carbonyl (C=O) groups is 1. The summed E-state index contributed by atoms with van der Waals surface area (Å²) in [5.41, 5.74) is 2.33. The Morgan fingerprint density at radius 2 is 1.92 bits per heavy atom.